The van der Waals surface area contributed by atoms with Crippen LogP contribution in [-0.2, 0) is 0 Å². The molecule has 4 heteroatoms. The predicted molar refractivity (Wildman–Crippen MR) is 65.8 cm³/mol. The van der Waals surface area contributed by atoms with Gasteiger partial charge in [-0.05, 0) is 68.9 Å². The van der Waals surface area contributed by atoms with E-state index in [0.29, 0.717) is 5.05 Å². The van der Waals surface area contributed by atoms with E-state index in [2.05, 4.69) is 38.5 Å². The van der Waals surface area contributed by atoms with Gasteiger partial charge in [0.2, 0.25) is 0 Å². The van der Waals surface area contributed by atoms with E-state index in [9.17, 15) is 0 Å². The van der Waals surface area contributed by atoms with Crippen molar-refractivity contribution in [3.8, 4) is 5.75 Å². The van der Waals surface area contributed by atoms with E-state index in [1.165, 1.54) is 0 Å². The van der Waals surface area contributed by atoms with Crippen molar-refractivity contribution < 1.29 is 4.74 Å². The van der Waals surface area contributed by atoms with Gasteiger partial charge < -0.3 is 4.74 Å². The molecule has 0 spiro atoms. The second-order valence-corrected chi connectivity index (χ2v) is 4.84. The Labute approximate surface area is 98.8 Å². The zero-order valence-electron chi connectivity index (χ0n) is 6.30. The van der Waals surface area contributed by atoms with Gasteiger partial charge in [-0.15, -0.1) is 0 Å². The maximum Gasteiger partial charge on any atom is 0.164 e. The van der Waals surface area contributed by atoms with E-state index < -0.39 is 0 Å². The van der Waals surface area contributed by atoms with Crippen LogP contribution in [0.25, 0.3) is 0 Å². The average Bonchev–Trinajstić information content (AvgIpc) is 1.96. The molecule has 1 aromatic carbocycles. The summed E-state index contributed by atoms with van der Waals surface area (Å²) in [5.74, 6) is 0.773. The number of thiocarbonyl (C=S) groups is 1. The Hall–Kier alpha value is 0.320. The number of halogens is 2. The molecule has 1 nitrogen and oxygen atoms in total. The Morgan fingerprint density at radius 1 is 1.58 bits per heavy atom. The van der Waals surface area contributed by atoms with Crippen molar-refractivity contribution in [1.29, 1.82) is 0 Å². The molecule has 1 rings (SSSR count). The van der Waals surface area contributed by atoms with Crippen LogP contribution in [-0.4, -0.2) is 5.05 Å². The van der Waals surface area contributed by atoms with E-state index in [-0.39, 0.29) is 0 Å². The molecule has 0 N–H and O–H groups in total. The average molecular weight is 357 g/mol. The lowest BCUT2D eigenvalue weighted by atomic mass is 10.3. The highest BCUT2D eigenvalue weighted by atomic mass is 127. The molecule has 0 bridgehead atoms. The topological polar surface area (TPSA) is 9.23 Å². The molecule has 0 saturated heterocycles. The minimum Gasteiger partial charge on any atom is -0.449 e. The van der Waals surface area contributed by atoms with Crippen molar-refractivity contribution >= 4 is 55.8 Å². The van der Waals surface area contributed by atoms with Crippen LogP contribution in [0.3, 0.4) is 0 Å². The van der Waals surface area contributed by atoms with Crippen LogP contribution in [0.2, 0.25) is 0 Å². The van der Waals surface area contributed by atoms with Gasteiger partial charge in [-0.25, -0.2) is 0 Å². The first kappa shape index (κ1) is 10.4. The summed E-state index contributed by atoms with van der Waals surface area (Å²) in [7, 11) is 0. The molecule has 0 saturated carbocycles. The summed E-state index contributed by atoms with van der Waals surface area (Å²) >= 11 is 10.4. The molecule has 64 valence electrons. The van der Waals surface area contributed by atoms with E-state index >= 15 is 0 Å². The van der Waals surface area contributed by atoms with Crippen molar-refractivity contribution in [2.24, 2.45) is 0 Å². The highest BCUT2D eigenvalue weighted by Gasteiger charge is 2.01. The Bertz CT molecular complexity index is 314. The molecule has 12 heavy (non-hydrogen) atoms. The maximum absolute atomic E-state index is 5.31. The third-order valence-corrected chi connectivity index (χ3v) is 2.56. The molecule has 0 radical (unpaired) electrons. The summed E-state index contributed by atoms with van der Waals surface area (Å²) in [5.41, 5.74) is 0. The fraction of sp³-hybridized carbons (Fsp3) is 0.125. The summed E-state index contributed by atoms with van der Waals surface area (Å²) in [4.78, 5) is 0. The number of hydrogen-bond donors (Lipinski definition) is 0. The molecular weight excluding hydrogens is 351 g/mol. The minimum absolute atomic E-state index is 0.526. The smallest absolute Gasteiger partial charge is 0.164 e. The standard InChI is InChI=1S/C8H6BrIOS/c1-5(12)11-8-4-6(10)2-3-7(8)9/h2-4H,1H3. The zero-order valence-corrected chi connectivity index (χ0v) is 10.9. The third-order valence-electron chi connectivity index (χ3n) is 1.15. The first-order valence-corrected chi connectivity index (χ1v) is 5.51. The lowest BCUT2D eigenvalue weighted by Crippen LogP contribution is -1.99. The van der Waals surface area contributed by atoms with Gasteiger partial charge in [0, 0.05) is 10.5 Å². The van der Waals surface area contributed by atoms with Crippen molar-refractivity contribution in [1.82, 2.24) is 0 Å². The molecule has 1 aromatic rings. The van der Waals surface area contributed by atoms with Gasteiger partial charge >= 0.3 is 0 Å². The summed E-state index contributed by atoms with van der Waals surface area (Å²) in [6.45, 7) is 1.75. The predicted octanol–water partition coefficient (Wildman–Crippen LogP) is 3.78. The molecule has 0 aliphatic rings. The Kier molecular flexibility index (Phi) is 3.92. The highest BCUT2D eigenvalue weighted by molar-refractivity contribution is 14.1. The highest BCUT2D eigenvalue weighted by Crippen LogP contribution is 2.26. The minimum atomic E-state index is 0.526. The van der Waals surface area contributed by atoms with Gasteiger partial charge in [-0.3, -0.25) is 0 Å². The van der Waals surface area contributed by atoms with Crippen LogP contribution >= 0.6 is 50.7 Å². The summed E-state index contributed by atoms with van der Waals surface area (Å²) in [6, 6.07) is 5.87. The van der Waals surface area contributed by atoms with Crippen LogP contribution in [0, 0.1) is 3.57 Å². The third kappa shape index (κ3) is 2.99. The van der Waals surface area contributed by atoms with Gasteiger partial charge in [0.25, 0.3) is 0 Å². The Balaban J connectivity index is 2.97. The molecule has 0 atom stereocenters. The monoisotopic (exact) mass is 356 g/mol. The van der Waals surface area contributed by atoms with Crippen LogP contribution < -0.4 is 4.74 Å². The number of benzene rings is 1. The van der Waals surface area contributed by atoms with Crippen LogP contribution in [0.4, 0.5) is 0 Å². The van der Waals surface area contributed by atoms with Gasteiger partial charge in [0.1, 0.15) is 5.75 Å². The lowest BCUT2D eigenvalue weighted by Gasteiger charge is -2.05. The maximum atomic E-state index is 5.31. The van der Waals surface area contributed by atoms with Crippen molar-refractivity contribution in [2.75, 3.05) is 0 Å². The fourth-order valence-corrected chi connectivity index (χ4v) is 1.59. The van der Waals surface area contributed by atoms with Gasteiger partial charge in [-0.1, -0.05) is 0 Å². The van der Waals surface area contributed by atoms with Crippen molar-refractivity contribution in [2.45, 2.75) is 6.92 Å². The van der Waals surface area contributed by atoms with Crippen LogP contribution in [0.5, 0.6) is 5.75 Å². The second-order valence-electron chi connectivity index (χ2n) is 2.17. The van der Waals surface area contributed by atoms with Gasteiger partial charge in [-0.2, -0.15) is 0 Å². The molecule has 0 aromatic heterocycles. The normalized spacial score (nSPS) is 9.58. The SMILES string of the molecule is CC(=S)Oc1cc(I)ccc1Br. The van der Waals surface area contributed by atoms with E-state index in [1.807, 2.05) is 18.2 Å². The van der Waals surface area contributed by atoms with Gasteiger partial charge in [0.15, 0.2) is 5.05 Å². The zero-order chi connectivity index (χ0) is 9.14. The fourth-order valence-electron chi connectivity index (χ4n) is 0.710. The summed E-state index contributed by atoms with van der Waals surface area (Å²) in [5, 5.41) is 0.526. The molecule has 0 heterocycles. The summed E-state index contributed by atoms with van der Waals surface area (Å²) < 4.78 is 7.36. The largest absolute Gasteiger partial charge is 0.449 e. The number of ether oxygens (including phenoxy) is 1. The molecule has 0 amide bonds. The van der Waals surface area contributed by atoms with E-state index in [4.69, 9.17) is 17.0 Å². The van der Waals surface area contributed by atoms with E-state index in [1.54, 1.807) is 6.92 Å². The van der Waals surface area contributed by atoms with E-state index in [0.717, 1.165) is 13.8 Å². The molecule has 0 aliphatic heterocycles. The van der Waals surface area contributed by atoms with Gasteiger partial charge in [0.05, 0.1) is 4.47 Å². The Morgan fingerprint density at radius 3 is 2.83 bits per heavy atom. The number of hydrogen-bond acceptors (Lipinski definition) is 2. The summed E-state index contributed by atoms with van der Waals surface area (Å²) in [6.07, 6.45) is 0. The number of rotatable bonds is 1. The molecular formula is C8H6BrIOS. The molecule has 0 unspecified atom stereocenters. The van der Waals surface area contributed by atoms with Crippen molar-refractivity contribution in [3.05, 3.63) is 26.2 Å². The quantitative estimate of drug-likeness (QED) is 0.559. The molecule has 0 aliphatic carbocycles. The van der Waals surface area contributed by atoms with Crippen LogP contribution in [0.15, 0.2) is 22.7 Å². The Morgan fingerprint density at radius 2 is 2.25 bits per heavy atom. The van der Waals surface area contributed by atoms with Crippen molar-refractivity contribution in [3.63, 3.8) is 0 Å². The lowest BCUT2D eigenvalue weighted by molar-refractivity contribution is 0.557. The first-order chi connectivity index (χ1) is 5.59. The second kappa shape index (κ2) is 4.53. The first-order valence-electron chi connectivity index (χ1n) is 3.23. The van der Waals surface area contributed by atoms with Crippen LogP contribution in [0.1, 0.15) is 6.92 Å². The molecule has 0 fully saturated rings.